The molecule has 0 aliphatic heterocycles. The van der Waals surface area contributed by atoms with Crippen molar-refractivity contribution in [3.63, 3.8) is 0 Å². The lowest BCUT2D eigenvalue weighted by Gasteiger charge is -2.18. The van der Waals surface area contributed by atoms with Crippen LogP contribution in [0.15, 0.2) is 16.6 Å². The van der Waals surface area contributed by atoms with Crippen molar-refractivity contribution in [3.8, 4) is 11.5 Å². The summed E-state index contributed by atoms with van der Waals surface area (Å²) in [6, 6.07) is 3.92. The standard InChI is InChI=1S/C14H22BrNO3/c1-10(2)19-14-11(9-16-5-4-6-17)7-12(15)8-13(14)18-3/h7-8,10,16-17H,4-6,9H2,1-3H3. The van der Waals surface area contributed by atoms with E-state index in [1.54, 1.807) is 7.11 Å². The first kappa shape index (κ1) is 16.3. The summed E-state index contributed by atoms with van der Waals surface area (Å²) in [4.78, 5) is 0. The fourth-order valence-electron chi connectivity index (χ4n) is 1.70. The van der Waals surface area contributed by atoms with Gasteiger partial charge in [0, 0.05) is 23.2 Å². The van der Waals surface area contributed by atoms with E-state index in [9.17, 15) is 0 Å². The maximum absolute atomic E-state index is 8.77. The Hall–Kier alpha value is -0.780. The average Bonchev–Trinajstić information content (AvgIpc) is 2.36. The summed E-state index contributed by atoms with van der Waals surface area (Å²) in [5.74, 6) is 1.50. The molecule has 0 aromatic heterocycles. The Labute approximate surface area is 123 Å². The molecule has 0 spiro atoms. The van der Waals surface area contributed by atoms with E-state index >= 15 is 0 Å². The van der Waals surface area contributed by atoms with Gasteiger partial charge in [-0.15, -0.1) is 0 Å². The second-order valence-electron chi connectivity index (χ2n) is 4.52. The van der Waals surface area contributed by atoms with Crippen LogP contribution in [-0.4, -0.2) is 31.5 Å². The van der Waals surface area contributed by atoms with E-state index in [-0.39, 0.29) is 12.7 Å². The number of hydrogen-bond donors (Lipinski definition) is 2. The second kappa shape index (κ2) is 8.40. The Morgan fingerprint density at radius 2 is 2.11 bits per heavy atom. The van der Waals surface area contributed by atoms with Crippen molar-refractivity contribution in [2.45, 2.75) is 32.9 Å². The summed E-state index contributed by atoms with van der Waals surface area (Å²) in [6.45, 7) is 5.63. The van der Waals surface area contributed by atoms with Gasteiger partial charge < -0.3 is 19.9 Å². The topological polar surface area (TPSA) is 50.7 Å². The molecular weight excluding hydrogens is 310 g/mol. The third-order valence-corrected chi connectivity index (χ3v) is 2.95. The van der Waals surface area contributed by atoms with Gasteiger partial charge >= 0.3 is 0 Å². The van der Waals surface area contributed by atoms with Crippen molar-refractivity contribution < 1.29 is 14.6 Å². The fourth-order valence-corrected chi connectivity index (χ4v) is 2.19. The smallest absolute Gasteiger partial charge is 0.166 e. The number of nitrogens with one attached hydrogen (secondary N) is 1. The molecule has 0 saturated heterocycles. The Morgan fingerprint density at radius 3 is 2.68 bits per heavy atom. The molecule has 19 heavy (non-hydrogen) atoms. The van der Waals surface area contributed by atoms with Gasteiger partial charge in [-0.25, -0.2) is 0 Å². The summed E-state index contributed by atoms with van der Waals surface area (Å²) in [5, 5.41) is 12.0. The number of aliphatic hydroxyl groups excluding tert-OH is 1. The van der Waals surface area contributed by atoms with E-state index in [0.717, 1.165) is 34.5 Å². The number of rotatable bonds is 8. The Balaban J connectivity index is 2.88. The average molecular weight is 332 g/mol. The van der Waals surface area contributed by atoms with E-state index in [2.05, 4.69) is 21.2 Å². The van der Waals surface area contributed by atoms with Gasteiger partial charge in [-0.05, 0) is 38.9 Å². The minimum Gasteiger partial charge on any atom is -0.493 e. The highest BCUT2D eigenvalue weighted by Crippen LogP contribution is 2.35. The molecule has 4 nitrogen and oxygen atoms in total. The minimum atomic E-state index is 0.0891. The van der Waals surface area contributed by atoms with Crippen molar-refractivity contribution in [1.82, 2.24) is 5.32 Å². The van der Waals surface area contributed by atoms with E-state index < -0.39 is 0 Å². The summed E-state index contributed by atoms with van der Waals surface area (Å²) in [6.07, 6.45) is 0.831. The van der Waals surface area contributed by atoms with Gasteiger partial charge in [-0.1, -0.05) is 15.9 Å². The molecule has 0 bridgehead atoms. The Bertz CT molecular complexity index is 397. The maximum Gasteiger partial charge on any atom is 0.166 e. The monoisotopic (exact) mass is 331 g/mol. The van der Waals surface area contributed by atoms with Crippen molar-refractivity contribution >= 4 is 15.9 Å². The van der Waals surface area contributed by atoms with Crippen molar-refractivity contribution in [1.29, 1.82) is 0 Å². The number of methoxy groups -OCH3 is 1. The van der Waals surface area contributed by atoms with Crippen LogP contribution in [0.5, 0.6) is 11.5 Å². The lowest BCUT2D eigenvalue weighted by atomic mass is 10.1. The molecule has 0 amide bonds. The molecule has 0 atom stereocenters. The quantitative estimate of drug-likeness (QED) is 0.719. The molecule has 0 heterocycles. The van der Waals surface area contributed by atoms with Crippen LogP contribution >= 0.6 is 15.9 Å². The van der Waals surface area contributed by atoms with Gasteiger partial charge in [0.1, 0.15) is 0 Å². The zero-order chi connectivity index (χ0) is 14.3. The number of benzene rings is 1. The molecule has 1 aromatic carbocycles. The fraction of sp³-hybridized carbons (Fsp3) is 0.571. The van der Waals surface area contributed by atoms with Crippen LogP contribution in [0.3, 0.4) is 0 Å². The molecule has 108 valence electrons. The molecule has 1 aromatic rings. The molecule has 0 aliphatic rings. The van der Waals surface area contributed by atoms with Crippen molar-refractivity contribution in [3.05, 3.63) is 22.2 Å². The summed E-state index contributed by atoms with van der Waals surface area (Å²) < 4.78 is 12.2. The normalized spacial score (nSPS) is 10.8. The van der Waals surface area contributed by atoms with Gasteiger partial charge in [0.2, 0.25) is 0 Å². The zero-order valence-corrected chi connectivity index (χ0v) is 13.3. The van der Waals surface area contributed by atoms with Crippen LogP contribution in [0.1, 0.15) is 25.8 Å². The maximum atomic E-state index is 8.77. The van der Waals surface area contributed by atoms with Crippen molar-refractivity contribution in [2.75, 3.05) is 20.3 Å². The molecule has 5 heteroatoms. The van der Waals surface area contributed by atoms with E-state index in [1.165, 1.54) is 0 Å². The highest BCUT2D eigenvalue weighted by molar-refractivity contribution is 9.10. The van der Waals surface area contributed by atoms with E-state index in [0.29, 0.717) is 6.54 Å². The first-order valence-corrected chi connectivity index (χ1v) is 7.22. The third kappa shape index (κ3) is 5.38. The summed E-state index contributed by atoms with van der Waals surface area (Å²) in [7, 11) is 1.64. The second-order valence-corrected chi connectivity index (χ2v) is 5.43. The van der Waals surface area contributed by atoms with Crippen LogP contribution in [-0.2, 0) is 6.54 Å². The van der Waals surface area contributed by atoms with Crippen molar-refractivity contribution in [2.24, 2.45) is 0 Å². The van der Waals surface area contributed by atoms with Gasteiger partial charge in [0.05, 0.1) is 13.2 Å². The Morgan fingerprint density at radius 1 is 1.37 bits per heavy atom. The summed E-state index contributed by atoms with van der Waals surface area (Å²) in [5.41, 5.74) is 1.04. The molecule has 0 radical (unpaired) electrons. The number of halogens is 1. The predicted molar refractivity (Wildman–Crippen MR) is 79.9 cm³/mol. The van der Waals surface area contributed by atoms with Crippen LogP contribution in [0.2, 0.25) is 0 Å². The summed E-state index contributed by atoms with van der Waals surface area (Å²) >= 11 is 3.47. The van der Waals surface area contributed by atoms with Crippen LogP contribution in [0.25, 0.3) is 0 Å². The molecule has 0 saturated carbocycles. The van der Waals surface area contributed by atoms with E-state index in [4.69, 9.17) is 14.6 Å². The van der Waals surface area contributed by atoms with Gasteiger partial charge in [0.25, 0.3) is 0 Å². The molecule has 0 fully saturated rings. The SMILES string of the molecule is COc1cc(Br)cc(CNCCCO)c1OC(C)C. The molecule has 0 aliphatic carbocycles. The van der Waals surface area contributed by atoms with Crippen LogP contribution < -0.4 is 14.8 Å². The molecular formula is C14H22BrNO3. The third-order valence-electron chi connectivity index (χ3n) is 2.50. The van der Waals surface area contributed by atoms with Crippen LogP contribution in [0, 0.1) is 0 Å². The zero-order valence-electron chi connectivity index (χ0n) is 11.7. The predicted octanol–water partition coefficient (Wildman–Crippen LogP) is 2.72. The molecule has 0 unspecified atom stereocenters. The first-order valence-electron chi connectivity index (χ1n) is 6.43. The highest BCUT2D eigenvalue weighted by Gasteiger charge is 2.13. The number of aliphatic hydroxyl groups is 1. The van der Waals surface area contributed by atoms with Gasteiger partial charge in [0.15, 0.2) is 11.5 Å². The minimum absolute atomic E-state index is 0.0891. The lowest BCUT2D eigenvalue weighted by Crippen LogP contribution is -2.17. The number of hydrogen-bond acceptors (Lipinski definition) is 4. The molecule has 2 N–H and O–H groups in total. The molecule has 1 rings (SSSR count). The van der Waals surface area contributed by atoms with Gasteiger partial charge in [-0.3, -0.25) is 0 Å². The number of ether oxygens (including phenoxy) is 2. The Kier molecular flexibility index (Phi) is 7.20. The highest BCUT2D eigenvalue weighted by atomic mass is 79.9. The largest absolute Gasteiger partial charge is 0.493 e. The van der Waals surface area contributed by atoms with E-state index in [1.807, 2.05) is 26.0 Å². The van der Waals surface area contributed by atoms with Gasteiger partial charge in [-0.2, -0.15) is 0 Å². The first-order chi connectivity index (χ1) is 9.08. The van der Waals surface area contributed by atoms with Crippen LogP contribution in [0.4, 0.5) is 0 Å². The lowest BCUT2D eigenvalue weighted by molar-refractivity contribution is 0.227.